The fourth-order valence-electron chi connectivity index (χ4n) is 1.43. The Kier molecular flexibility index (Phi) is 8.29. The number of esters is 1. The van der Waals surface area contributed by atoms with Gasteiger partial charge in [0.05, 0.1) is 6.61 Å². The molecule has 0 unspecified atom stereocenters. The highest BCUT2D eigenvalue weighted by atomic mass is 19.4. The van der Waals surface area contributed by atoms with Crippen molar-refractivity contribution < 1.29 is 93.6 Å². The molecule has 0 bridgehead atoms. The Labute approximate surface area is 169 Å². The SMILES string of the molecule is CCCOC(=O)[C@@](F)(OC(F)(F)[C@](F)(OC(F)(F)C(F)(F)C(F)(F)F)C(F)(F)F)C(F)(F)F. The number of rotatable bonds is 9. The second-order valence-corrected chi connectivity index (χ2v) is 5.63. The maximum absolute atomic E-state index is 13.9. The zero-order valence-corrected chi connectivity index (χ0v) is 15.0. The molecule has 0 rings (SSSR count). The molecule has 0 saturated carbocycles. The summed E-state index contributed by atoms with van der Waals surface area (Å²) in [5, 5.41) is 0. The van der Waals surface area contributed by atoms with Gasteiger partial charge in [-0.15, -0.1) is 0 Å². The third-order valence-electron chi connectivity index (χ3n) is 3.06. The molecular formula is C12H7F17O4. The summed E-state index contributed by atoms with van der Waals surface area (Å²) in [6.07, 6.45) is -39.0. The van der Waals surface area contributed by atoms with Crippen molar-refractivity contribution in [3.8, 4) is 0 Å². The normalized spacial score (nSPS) is 18.5. The first-order valence-corrected chi connectivity index (χ1v) is 7.43. The first kappa shape index (κ1) is 31.2. The number of alkyl halides is 17. The molecule has 4 nitrogen and oxygen atoms in total. The molecular weight excluding hydrogens is 531 g/mol. The van der Waals surface area contributed by atoms with Crippen LogP contribution in [0.1, 0.15) is 13.3 Å². The summed E-state index contributed by atoms with van der Waals surface area (Å²) < 4.78 is 225. The largest absolute Gasteiger partial charge is 0.462 e. The van der Waals surface area contributed by atoms with Gasteiger partial charge in [0.2, 0.25) is 0 Å². The summed E-state index contributed by atoms with van der Waals surface area (Å²) in [5.41, 5.74) is 0. The van der Waals surface area contributed by atoms with E-state index in [0.717, 1.165) is 6.92 Å². The highest BCUT2D eigenvalue weighted by Crippen LogP contribution is 2.56. The molecule has 0 spiro atoms. The number of carbonyl (C=O) groups excluding carboxylic acids is 1. The van der Waals surface area contributed by atoms with Gasteiger partial charge in [-0.25, -0.2) is 4.79 Å². The molecule has 33 heavy (non-hydrogen) atoms. The molecule has 0 aliphatic rings. The van der Waals surface area contributed by atoms with Crippen molar-refractivity contribution in [2.45, 2.75) is 61.7 Å². The molecule has 0 aliphatic heterocycles. The number of halogens is 17. The lowest BCUT2D eigenvalue weighted by atomic mass is 10.2. The molecule has 0 aromatic carbocycles. The van der Waals surface area contributed by atoms with E-state index in [2.05, 4.69) is 4.74 Å². The molecule has 0 radical (unpaired) electrons. The highest BCUT2D eigenvalue weighted by molar-refractivity contribution is 5.78. The molecule has 0 aliphatic carbocycles. The van der Waals surface area contributed by atoms with Gasteiger partial charge < -0.3 is 4.74 Å². The van der Waals surface area contributed by atoms with Gasteiger partial charge in [-0.1, -0.05) is 6.92 Å². The summed E-state index contributed by atoms with van der Waals surface area (Å²) in [4.78, 5) is 11.1. The van der Waals surface area contributed by atoms with E-state index >= 15 is 0 Å². The predicted molar refractivity (Wildman–Crippen MR) is 64.1 cm³/mol. The average Bonchev–Trinajstić information content (AvgIpc) is 2.55. The van der Waals surface area contributed by atoms with Crippen LogP contribution in [0.15, 0.2) is 0 Å². The first-order chi connectivity index (χ1) is 14.1. The quantitative estimate of drug-likeness (QED) is 0.275. The fourth-order valence-corrected chi connectivity index (χ4v) is 1.43. The third kappa shape index (κ3) is 5.65. The minimum absolute atomic E-state index is 0.493. The van der Waals surface area contributed by atoms with E-state index in [-0.39, 0.29) is 0 Å². The molecule has 21 heteroatoms. The summed E-state index contributed by atoms with van der Waals surface area (Å²) in [5.74, 6) is -26.3. The van der Waals surface area contributed by atoms with E-state index in [0.29, 0.717) is 0 Å². The maximum atomic E-state index is 13.9. The van der Waals surface area contributed by atoms with E-state index in [1.165, 1.54) is 4.74 Å². The van der Waals surface area contributed by atoms with Crippen LogP contribution in [0.25, 0.3) is 0 Å². The topological polar surface area (TPSA) is 44.8 Å². The maximum Gasteiger partial charge on any atom is 0.462 e. The lowest BCUT2D eigenvalue weighted by Gasteiger charge is -2.39. The van der Waals surface area contributed by atoms with Crippen LogP contribution < -0.4 is 0 Å². The zero-order chi connectivity index (χ0) is 27.1. The van der Waals surface area contributed by atoms with Crippen molar-refractivity contribution in [2.75, 3.05) is 6.61 Å². The molecule has 0 saturated heterocycles. The lowest BCUT2D eigenvalue weighted by Crippen LogP contribution is -2.68. The molecule has 0 aromatic rings. The van der Waals surface area contributed by atoms with Gasteiger partial charge in [0.15, 0.2) is 0 Å². The zero-order valence-electron chi connectivity index (χ0n) is 15.0. The van der Waals surface area contributed by atoms with E-state index < -0.39 is 67.4 Å². The monoisotopic (exact) mass is 538 g/mol. The molecule has 0 aromatic heterocycles. The van der Waals surface area contributed by atoms with Gasteiger partial charge in [0.25, 0.3) is 0 Å². The molecule has 0 N–H and O–H groups in total. The van der Waals surface area contributed by atoms with Gasteiger partial charge in [-0.05, 0) is 6.42 Å². The minimum atomic E-state index is -8.04. The van der Waals surface area contributed by atoms with E-state index in [1.54, 1.807) is 4.74 Å². The van der Waals surface area contributed by atoms with E-state index in [4.69, 9.17) is 0 Å². The summed E-state index contributed by atoms with van der Waals surface area (Å²) >= 11 is 0. The Morgan fingerprint density at radius 2 is 1.03 bits per heavy atom. The van der Waals surface area contributed by atoms with Crippen LogP contribution in [0, 0.1) is 0 Å². The van der Waals surface area contributed by atoms with Crippen LogP contribution >= 0.6 is 0 Å². The number of hydrogen-bond donors (Lipinski definition) is 0. The van der Waals surface area contributed by atoms with Crippen molar-refractivity contribution in [3.63, 3.8) is 0 Å². The van der Waals surface area contributed by atoms with Crippen molar-refractivity contribution in [1.29, 1.82) is 0 Å². The molecule has 2 atom stereocenters. The van der Waals surface area contributed by atoms with Gasteiger partial charge in [0, 0.05) is 0 Å². The van der Waals surface area contributed by atoms with Crippen molar-refractivity contribution in [3.05, 3.63) is 0 Å². The molecule has 0 amide bonds. The second-order valence-electron chi connectivity index (χ2n) is 5.63. The molecule has 0 heterocycles. The Hall–Kier alpha value is -1.80. The summed E-state index contributed by atoms with van der Waals surface area (Å²) in [6.45, 7) is -0.273. The summed E-state index contributed by atoms with van der Waals surface area (Å²) in [6, 6.07) is 0. The van der Waals surface area contributed by atoms with E-state index in [1.807, 2.05) is 0 Å². The van der Waals surface area contributed by atoms with Gasteiger partial charge in [0.1, 0.15) is 0 Å². The summed E-state index contributed by atoms with van der Waals surface area (Å²) in [7, 11) is 0. The van der Waals surface area contributed by atoms with Crippen LogP contribution in [-0.4, -0.2) is 61.0 Å². The standard InChI is InChI=1S/C12H7F17O4/c1-2-3-31-4(30)5(13,8(17,18)19)32-12(28,29)7(16,10(23,24)25)33-11(26,27)6(14,15)9(20,21)22/h2-3H2,1H3/t5-,7-/m1/s1. The van der Waals surface area contributed by atoms with Gasteiger partial charge in [-0.2, -0.15) is 74.6 Å². The number of hydrogen-bond acceptors (Lipinski definition) is 4. The lowest BCUT2D eigenvalue weighted by molar-refractivity contribution is -0.548. The predicted octanol–water partition coefficient (Wildman–Crippen LogP) is 5.81. The fraction of sp³-hybridized carbons (Fsp3) is 0.917. The Balaban J connectivity index is 6.67. The Morgan fingerprint density at radius 3 is 1.33 bits per heavy atom. The highest BCUT2D eigenvalue weighted by Gasteiger charge is 2.85. The van der Waals surface area contributed by atoms with Crippen molar-refractivity contribution in [2.24, 2.45) is 0 Å². The van der Waals surface area contributed by atoms with E-state index in [9.17, 15) is 79.4 Å². The average molecular weight is 538 g/mol. The van der Waals surface area contributed by atoms with Crippen LogP contribution in [0.2, 0.25) is 0 Å². The molecule has 0 fully saturated rings. The smallest absolute Gasteiger partial charge is 0.461 e. The van der Waals surface area contributed by atoms with Gasteiger partial charge in [-0.3, -0.25) is 9.47 Å². The van der Waals surface area contributed by atoms with Crippen LogP contribution in [0.3, 0.4) is 0 Å². The van der Waals surface area contributed by atoms with Gasteiger partial charge >= 0.3 is 54.3 Å². The molecule has 198 valence electrons. The third-order valence-corrected chi connectivity index (χ3v) is 3.06. The van der Waals surface area contributed by atoms with Crippen LogP contribution in [-0.2, 0) is 19.0 Å². The second kappa shape index (κ2) is 8.77. The number of ether oxygens (including phenoxy) is 3. The Bertz CT molecular complexity index is 696. The number of carbonyl (C=O) groups is 1. The first-order valence-electron chi connectivity index (χ1n) is 7.43. The Morgan fingerprint density at radius 1 is 0.606 bits per heavy atom. The van der Waals surface area contributed by atoms with Crippen LogP contribution in [0.4, 0.5) is 74.6 Å². The minimum Gasteiger partial charge on any atom is -0.461 e. The van der Waals surface area contributed by atoms with Crippen LogP contribution in [0.5, 0.6) is 0 Å². The van der Waals surface area contributed by atoms with Crippen molar-refractivity contribution in [1.82, 2.24) is 0 Å². The van der Waals surface area contributed by atoms with Crippen molar-refractivity contribution >= 4 is 5.97 Å².